The highest BCUT2D eigenvalue weighted by Gasteiger charge is 2.57. The van der Waals surface area contributed by atoms with E-state index in [2.05, 4.69) is 15.3 Å². The number of ether oxygens (including phenoxy) is 7. The molecule has 0 spiro atoms. The smallest absolute Gasteiger partial charge is 0.433 e. The third kappa shape index (κ3) is 21.3. The fourth-order valence-corrected chi connectivity index (χ4v) is 13.8. The number of amides is 10. The lowest BCUT2D eigenvalue weighted by atomic mass is 10.0. The predicted octanol–water partition coefficient (Wildman–Crippen LogP) is 21.2. The van der Waals surface area contributed by atoms with Gasteiger partial charge in [0.15, 0.2) is 5.69 Å². The second-order valence-corrected chi connectivity index (χ2v) is 37.7. The maximum atomic E-state index is 14.0. The van der Waals surface area contributed by atoms with Crippen molar-refractivity contribution in [3.8, 4) is 0 Å². The Balaban J connectivity index is 0.000000170. The van der Waals surface area contributed by atoms with Gasteiger partial charge in [-0.05, 0) is 235 Å². The predicted molar refractivity (Wildman–Crippen MR) is 484 cm³/mol. The highest BCUT2D eigenvalue weighted by molar-refractivity contribution is 6.38. The topological polar surface area (TPSA) is 368 Å². The fraction of sp³-hybridized carbons (Fsp3) is 0.299. The van der Waals surface area contributed by atoms with Crippen molar-refractivity contribution < 1.29 is 95.5 Å². The number of nitrogens with zero attached hydrogens (tertiary/aromatic N) is 9. The van der Waals surface area contributed by atoms with Crippen LogP contribution < -0.4 is 15.4 Å². The summed E-state index contributed by atoms with van der Waals surface area (Å²) in [5, 5.41) is 11.1. The number of imide groups is 4. The third-order valence-corrected chi connectivity index (χ3v) is 18.9. The molecule has 0 fully saturated rings. The maximum Gasteiger partial charge on any atom is 0.433 e. The molecule has 0 aliphatic carbocycles. The standard InChI is InChI=1S/C28H26Cl2N2O6.C28H28N2O6.C26H26N2O6.C15H18N4O3/c1-27(2,3)37-25(35)31-21(15-7-11-17(29)12-8-15)19-20(23(31)33)22(16-9-13-18(30)14-10-16)32(24(19)34)26(36)38-28(4,5)6;1-27(2,3)35-25(33)29-21(17-13-9-7-10-14-17)19-20(23(29)31)22(18-15-11-8-12-16-18)30(24(19)32)26(34)36-28(4,5)6;1-25(2,3)33-23(31)27-17-13-9-7-11-15(17)21(29)19(27)20-22(30)16-12-8-10-14-18(16)28(20)24(32)34-26(4,5)6;1-10-12(17-16-11-8-6-5-7-9-11)13(20)18-19(10)14(21)22-15(2,3)4/h7-14H,1-6H3;7-16H,1-6H3;7-14H,1-6H3;5-9H,1-4H3,(H,18,20)/b;;20-19+;. The molecular formula is C97H98Cl2N10O21. The fourth-order valence-electron chi connectivity index (χ4n) is 13.6. The van der Waals surface area contributed by atoms with Crippen molar-refractivity contribution in [3.05, 3.63) is 281 Å². The van der Waals surface area contributed by atoms with E-state index in [-0.39, 0.29) is 84.7 Å². The first-order valence-corrected chi connectivity index (χ1v) is 41.7. The number of aromatic amines is 1. The van der Waals surface area contributed by atoms with E-state index in [4.69, 9.17) is 56.4 Å². The quantitative estimate of drug-likeness (QED) is 0.0917. The third-order valence-electron chi connectivity index (χ3n) is 18.4. The number of ketones is 2. The van der Waals surface area contributed by atoms with Crippen molar-refractivity contribution in [3.63, 3.8) is 0 Å². The summed E-state index contributed by atoms with van der Waals surface area (Å²) in [5.41, 5.74) is -3.59. The van der Waals surface area contributed by atoms with Crippen molar-refractivity contribution in [2.75, 3.05) is 9.80 Å². The molecule has 33 heteroatoms. The minimum atomic E-state index is -0.964. The lowest BCUT2D eigenvalue weighted by Gasteiger charge is -2.28. The first-order chi connectivity index (χ1) is 60.5. The minimum absolute atomic E-state index is 0.0153. The van der Waals surface area contributed by atoms with Gasteiger partial charge < -0.3 is 33.2 Å². The zero-order chi connectivity index (χ0) is 95.9. The van der Waals surface area contributed by atoms with Crippen molar-refractivity contribution in [1.82, 2.24) is 29.4 Å². The molecule has 0 atom stereocenters. The van der Waals surface area contributed by atoms with E-state index in [1.165, 1.54) is 0 Å². The van der Waals surface area contributed by atoms with Crippen LogP contribution in [0.4, 0.5) is 56.3 Å². The lowest BCUT2D eigenvalue weighted by Crippen LogP contribution is -2.40. The van der Waals surface area contributed by atoms with Crippen LogP contribution >= 0.6 is 23.2 Å². The van der Waals surface area contributed by atoms with Gasteiger partial charge in [-0.2, -0.15) is 9.80 Å². The molecule has 0 unspecified atom stereocenters. The average molecular weight is 1810 g/mol. The average Bonchev–Trinajstić information content (AvgIpc) is 1.56. The molecule has 10 amide bonds. The minimum Gasteiger partial charge on any atom is -0.443 e. The summed E-state index contributed by atoms with van der Waals surface area (Å²) in [5.74, 6) is -4.27. The van der Waals surface area contributed by atoms with Gasteiger partial charge in [0.2, 0.25) is 11.6 Å². The Morgan fingerprint density at radius 1 is 0.285 bits per heavy atom. The molecule has 130 heavy (non-hydrogen) atoms. The first kappa shape index (κ1) is 96.2. The summed E-state index contributed by atoms with van der Waals surface area (Å²) < 4.78 is 39.4. The summed E-state index contributed by atoms with van der Waals surface area (Å²) in [6.45, 7) is 37.1. The Morgan fingerprint density at radius 3 is 0.800 bits per heavy atom. The normalized spacial score (nSPS) is 15.7. The lowest BCUT2D eigenvalue weighted by molar-refractivity contribution is -0.123. The Kier molecular flexibility index (Phi) is 27.2. The summed E-state index contributed by atoms with van der Waals surface area (Å²) in [4.78, 5) is 192. The molecular weight excluding hydrogens is 1710 g/mol. The Hall–Kier alpha value is -14.5. The van der Waals surface area contributed by atoms with E-state index >= 15 is 0 Å². The Bertz CT molecular complexity index is 5920. The number of carbonyl (C=O) groups is 13. The van der Waals surface area contributed by atoms with Crippen LogP contribution in [0.25, 0.3) is 22.8 Å². The number of allylic oxidation sites excluding steroid dienone is 2. The summed E-state index contributed by atoms with van der Waals surface area (Å²) in [6, 6.07) is 51.7. The molecule has 0 saturated heterocycles. The van der Waals surface area contributed by atoms with Crippen LogP contribution in [0.3, 0.4) is 0 Å². The van der Waals surface area contributed by atoms with Crippen LogP contribution in [-0.4, -0.2) is 146 Å². The van der Waals surface area contributed by atoms with Gasteiger partial charge in [0.1, 0.15) is 50.6 Å². The van der Waals surface area contributed by atoms with Crippen LogP contribution in [0.15, 0.2) is 237 Å². The molecule has 1 N–H and O–H groups in total. The number of aromatic nitrogens is 2. The summed E-state index contributed by atoms with van der Waals surface area (Å²) in [7, 11) is 0. The number of nitrogens with one attached hydrogen (secondary N) is 1. The van der Waals surface area contributed by atoms with E-state index < -0.39 is 123 Å². The van der Waals surface area contributed by atoms with Gasteiger partial charge in [-0.15, -0.1) is 5.11 Å². The van der Waals surface area contributed by atoms with Gasteiger partial charge >= 0.3 is 42.7 Å². The van der Waals surface area contributed by atoms with Gasteiger partial charge in [-0.25, -0.2) is 63.0 Å². The number of halogens is 2. The number of hydrogen-bond acceptors (Lipinski definition) is 23. The van der Waals surface area contributed by atoms with Gasteiger partial charge in [-0.3, -0.25) is 38.7 Å². The van der Waals surface area contributed by atoms with Crippen LogP contribution in [0, 0.1) is 6.92 Å². The Morgan fingerprint density at radius 2 is 0.523 bits per heavy atom. The van der Waals surface area contributed by atoms with Crippen LogP contribution in [0.2, 0.25) is 10.0 Å². The van der Waals surface area contributed by atoms with E-state index in [1.807, 2.05) is 18.2 Å². The summed E-state index contributed by atoms with van der Waals surface area (Å²) >= 11 is 12.1. The highest BCUT2D eigenvalue weighted by Crippen LogP contribution is 2.51. The van der Waals surface area contributed by atoms with Crippen molar-refractivity contribution in [1.29, 1.82) is 0 Å². The van der Waals surface area contributed by atoms with Crippen molar-refractivity contribution in [2.45, 2.75) is 192 Å². The van der Waals surface area contributed by atoms with Gasteiger partial charge in [-0.1, -0.05) is 151 Å². The Labute approximate surface area is 760 Å². The van der Waals surface area contributed by atoms with Gasteiger partial charge in [0.25, 0.3) is 29.2 Å². The monoisotopic (exact) mass is 1810 g/mol. The molecule has 676 valence electrons. The number of rotatable bonds is 6. The van der Waals surface area contributed by atoms with Crippen molar-refractivity contribution >= 4 is 147 Å². The number of carbonyl (C=O) groups excluding carboxylic acids is 13. The molecule has 1 aromatic heterocycles. The van der Waals surface area contributed by atoms with Crippen molar-refractivity contribution in [2.24, 2.45) is 10.2 Å². The number of benzene rings is 7. The second-order valence-electron chi connectivity index (χ2n) is 36.9. The molecule has 0 saturated carbocycles. The van der Waals surface area contributed by atoms with E-state index in [0.717, 1.165) is 34.1 Å². The van der Waals surface area contributed by atoms with Crippen LogP contribution in [0.1, 0.15) is 194 Å². The first-order valence-electron chi connectivity index (χ1n) is 41.0. The molecule has 14 rings (SSSR count). The van der Waals surface area contributed by atoms with Crippen LogP contribution in [0.5, 0.6) is 0 Å². The van der Waals surface area contributed by atoms with Gasteiger partial charge in [0.05, 0.1) is 67.8 Å². The zero-order valence-electron chi connectivity index (χ0n) is 75.8. The van der Waals surface area contributed by atoms with E-state index in [9.17, 15) is 67.1 Å². The maximum absolute atomic E-state index is 14.0. The molecule has 0 radical (unpaired) electrons. The number of Topliss-reactive ketones (excluding diaryl/α,β-unsaturated/α-hetero) is 2. The van der Waals surface area contributed by atoms with Crippen LogP contribution in [-0.2, 0) is 52.3 Å². The molecule has 7 heterocycles. The SMILES string of the molecule is CC(C)(C)OC(=O)N1/C(=C2\C(=O)c3ccccc3N2C(=O)OC(C)(C)C)C(=O)c2ccccc21.CC(C)(C)OC(=O)N1C(=O)C2=C(c3ccc(Cl)cc3)N(C(=O)OC(C)(C)C)C(=O)C2=C1c1ccc(Cl)cc1.CC(C)(C)OC(=O)N1C(=O)C2=C(c3ccccc3)N(C(=O)OC(C)(C)C)C(=O)C2=C1c1ccccc1.Cc1c(N=Nc2ccccc2)c(=O)[nH]n1C(=O)OC(C)(C)C. The number of H-pyrrole nitrogens is 1. The number of hydrogen-bond donors (Lipinski definition) is 1. The molecule has 6 aliphatic rings. The molecule has 6 aliphatic heterocycles. The largest absolute Gasteiger partial charge is 0.443 e. The number of para-hydroxylation sites is 2. The molecule has 8 aromatic rings. The number of fused-ring (bicyclic) bond motifs is 4. The molecule has 0 bridgehead atoms. The van der Waals surface area contributed by atoms with Gasteiger partial charge in [0, 0.05) is 21.2 Å². The highest BCUT2D eigenvalue weighted by atomic mass is 35.5. The zero-order valence-corrected chi connectivity index (χ0v) is 77.3. The second kappa shape index (κ2) is 36.7. The molecule has 7 aromatic carbocycles. The van der Waals surface area contributed by atoms with E-state index in [1.54, 1.807) is 322 Å². The van der Waals surface area contributed by atoms with E-state index in [0.29, 0.717) is 43.7 Å². The number of azo groups is 1. The summed E-state index contributed by atoms with van der Waals surface area (Å²) in [6.07, 6.45) is -6.08. The molecule has 31 nitrogen and oxygen atoms in total. The number of anilines is 2.